The van der Waals surface area contributed by atoms with Gasteiger partial charge in [-0.25, -0.2) is 9.97 Å². The molecule has 1 aliphatic rings. The zero-order chi connectivity index (χ0) is 40.6. The summed E-state index contributed by atoms with van der Waals surface area (Å²) in [6.07, 6.45) is 0. The molecular weight excluding hydrogens is 757 g/mol. The summed E-state index contributed by atoms with van der Waals surface area (Å²) in [5, 5.41) is 12.7. The number of fused-ring (bicyclic) bond motifs is 15. The summed E-state index contributed by atoms with van der Waals surface area (Å²) in [7, 11) is 0. The summed E-state index contributed by atoms with van der Waals surface area (Å²) in [6.45, 7) is 4.68. The molecule has 9 aromatic carbocycles. The first-order valence-electron chi connectivity index (χ1n) is 21.4. The van der Waals surface area contributed by atoms with Gasteiger partial charge in [-0.15, -0.1) is 0 Å². The van der Waals surface area contributed by atoms with Crippen LogP contribution < -0.4 is 0 Å². The Bertz CT molecular complexity index is 4310. The first-order valence-corrected chi connectivity index (χ1v) is 21.4. The maximum atomic E-state index is 6.84. The molecule has 0 unspecified atom stereocenters. The van der Waals surface area contributed by atoms with E-state index in [-0.39, 0.29) is 5.41 Å². The fourth-order valence-electron chi connectivity index (χ4n) is 11.6. The first-order chi connectivity index (χ1) is 30.5. The number of rotatable bonds is 2. The van der Waals surface area contributed by atoms with Crippen molar-refractivity contribution >= 4 is 104 Å². The quantitative estimate of drug-likeness (QED) is 0.164. The van der Waals surface area contributed by atoms with E-state index < -0.39 is 0 Å². The van der Waals surface area contributed by atoms with Crippen LogP contribution in [0.3, 0.4) is 0 Å². The molecule has 1 aliphatic carbocycles. The molecule has 0 fully saturated rings. The molecule has 15 rings (SSSR count). The number of para-hydroxylation sites is 3. The standard InChI is InChI=1S/C57H34N4O/c1-57(2)41-20-8-5-15-34(41)35-27-26-32(29-42(35)57)53-40-28-25-31-13-3-4-14-33(31)54(40)59-56(58-53)61-45-23-12-22-44-51(45)52-46(61)30-48-49(38-17-7-10-24-47(38)62-48)50(52)39-19-11-18-37-36-16-6-9-21-43(36)60(44)55(37)39/h3-30H,1-2H3. The van der Waals surface area contributed by atoms with Gasteiger partial charge in [0.05, 0.1) is 38.8 Å². The largest absolute Gasteiger partial charge is 0.456 e. The molecule has 0 aliphatic heterocycles. The molecule has 62 heavy (non-hydrogen) atoms. The van der Waals surface area contributed by atoms with Crippen molar-refractivity contribution in [3.63, 3.8) is 0 Å². The topological polar surface area (TPSA) is 48.3 Å². The van der Waals surface area contributed by atoms with Gasteiger partial charge in [0.1, 0.15) is 11.2 Å². The number of hydrogen-bond donors (Lipinski definition) is 0. The highest BCUT2D eigenvalue weighted by Crippen LogP contribution is 2.51. The lowest BCUT2D eigenvalue weighted by molar-refractivity contribution is 0.660. The van der Waals surface area contributed by atoms with Gasteiger partial charge in [0.2, 0.25) is 5.95 Å². The summed E-state index contributed by atoms with van der Waals surface area (Å²) in [4.78, 5) is 11.3. The van der Waals surface area contributed by atoms with Crippen LogP contribution in [0.1, 0.15) is 25.0 Å². The molecule has 5 nitrogen and oxygen atoms in total. The van der Waals surface area contributed by atoms with Gasteiger partial charge in [-0.2, -0.15) is 0 Å². The van der Waals surface area contributed by atoms with Crippen molar-refractivity contribution in [1.29, 1.82) is 0 Å². The first kappa shape index (κ1) is 32.8. The predicted octanol–water partition coefficient (Wildman–Crippen LogP) is 14.9. The SMILES string of the molecule is CC1(C)c2ccccc2-c2ccc(-c3nc(-n4c5cc6oc7ccccc7c6c6c7cccc8c9ccccc9n(c9cccc4c9c65)c87)nc4c3ccc3ccccc34)cc21. The summed E-state index contributed by atoms with van der Waals surface area (Å²) in [6, 6.07) is 61.8. The molecule has 0 N–H and O–H groups in total. The van der Waals surface area contributed by atoms with Crippen LogP contribution in [0.25, 0.3) is 132 Å². The highest BCUT2D eigenvalue weighted by Gasteiger charge is 2.36. The van der Waals surface area contributed by atoms with Gasteiger partial charge < -0.3 is 8.82 Å². The Balaban J connectivity index is 1.14. The van der Waals surface area contributed by atoms with Gasteiger partial charge in [0.25, 0.3) is 0 Å². The molecule has 14 aromatic rings. The van der Waals surface area contributed by atoms with Crippen molar-refractivity contribution in [2.75, 3.05) is 0 Å². The Morgan fingerprint density at radius 1 is 0.452 bits per heavy atom. The second-order valence-electron chi connectivity index (χ2n) is 17.7. The van der Waals surface area contributed by atoms with Crippen molar-refractivity contribution in [2.45, 2.75) is 19.3 Å². The van der Waals surface area contributed by atoms with E-state index in [9.17, 15) is 0 Å². The Morgan fingerprint density at radius 2 is 1.18 bits per heavy atom. The second-order valence-corrected chi connectivity index (χ2v) is 17.7. The molecule has 5 aromatic heterocycles. The second kappa shape index (κ2) is 11.2. The number of furan rings is 1. The average molecular weight is 791 g/mol. The molecule has 0 spiro atoms. The molecule has 0 amide bonds. The van der Waals surface area contributed by atoms with Crippen molar-refractivity contribution in [2.24, 2.45) is 0 Å². The van der Waals surface area contributed by atoms with E-state index in [1.54, 1.807) is 0 Å². The average Bonchev–Trinajstić information content (AvgIpc) is 4.00. The highest BCUT2D eigenvalue weighted by atomic mass is 16.3. The summed E-state index contributed by atoms with van der Waals surface area (Å²) >= 11 is 0. The number of hydrogen-bond acceptors (Lipinski definition) is 3. The van der Waals surface area contributed by atoms with Gasteiger partial charge in [-0.1, -0.05) is 141 Å². The lowest BCUT2D eigenvalue weighted by atomic mass is 9.82. The minimum Gasteiger partial charge on any atom is -0.456 e. The minimum absolute atomic E-state index is 0.157. The van der Waals surface area contributed by atoms with E-state index in [4.69, 9.17) is 14.4 Å². The summed E-state index contributed by atoms with van der Waals surface area (Å²) < 4.78 is 11.6. The van der Waals surface area contributed by atoms with E-state index in [1.807, 2.05) is 0 Å². The van der Waals surface area contributed by atoms with E-state index in [0.29, 0.717) is 5.95 Å². The van der Waals surface area contributed by atoms with Crippen LogP contribution in [0, 0.1) is 0 Å². The fourth-order valence-corrected chi connectivity index (χ4v) is 11.6. The fraction of sp³-hybridized carbons (Fsp3) is 0.0526. The van der Waals surface area contributed by atoms with Crippen LogP contribution in [-0.2, 0) is 5.41 Å². The predicted molar refractivity (Wildman–Crippen MR) is 256 cm³/mol. The number of nitrogens with zero attached hydrogens (tertiary/aromatic N) is 4. The molecule has 0 saturated carbocycles. The molecule has 5 heteroatoms. The van der Waals surface area contributed by atoms with Crippen molar-refractivity contribution < 1.29 is 4.42 Å². The molecule has 5 heterocycles. The van der Waals surface area contributed by atoms with E-state index >= 15 is 0 Å². The van der Waals surface area contributed by atoms with Gasteiger partial charge in [0, 0.05) is 70.9 Å². The zero-order valence-electron chi connectivity index (χ0n) is 33.9. The molecular formula is C57H34N4O. The minimum atomic E-state index is -0.157. The maximum Gasteiger partial charge on any atom is 0.235 e. The van der Waals surface area contributed by atoms with Crippen LogP contribution in [0.15, 0.2) is 174 Å². The zero-order valence-corrected chi connectivity index (χ0v) is 33.9. The third kappa shape index (κ3) is 3.91. The van der Waals surface area contributed by atoms with Gasteiger partial charge >= 0.3 is 0 Å². The number of aromatic nitrogens is 4. The smallest absolute Gasteiger partial charge is 0.235 e. The van der Waals surface area contributed by atoms with Gasteiger partial charge in [-0.3, -0.25) is 4.57 Å². The van der Waals surface area contributed by atoms with E-state index in [2.05, 4.69) is 193 Å². The lowest BCUT2D eigenvalue weighted by Gasteiger charge is -2.22. The van der Waals surface area contributed by atoms with Crippen LogP contribution >= 0.6 is 0 Å². The monoisotopic (exact) mass is 790 g/mol. The normalized spacial score (nSPS) is 13.8. The lowest BCUT2D eigenvalue weighted by Crippen LogP contribution is -2.15. The number of benzene rings is 9. The van der Waals surface area contributed by atoms with Gasteiger partial charge in [-0.05, 0) is 64.0 Å². The molecule has 0 radical (unpaired) electrons. The van der Waals surface area contributed by atoms with E-state index in [0.717, 1.165) is 71.4 Å². The summed E-state index contributed by atoms with van der Waals surface area (Å²) in [5.41, 5.74) is 15.3. The van der Waals surface area contributed by atoms with Crippen molar-refractivity contribution in [1.82, 2.24) is 18.9 Å². The maximum absolute atomic E-state index is 6.84. The Hall–Kier alpha value is -8.02. The van der Waals surface area contributed by atoms with E-state index in [1.165, 1.54) is 65.6 Å². The van der Waals surface area contributed by atoms with Crippen LogP contribution in [-0.4, -0.2) is 18.9 Å². The van der Waals surface area contributed by atoms with Crippen LogP contribution in [0.4, 0.5) is 0 Å². The third-order valence-corrected chi connectivity index (χ3v) is 14.2. The molecule has 0 atom stereocenters. The third-order valence-electron chi connectivity index (χ3n) is 14.2. The highest BCUT2D eigenvalue weighted by molar-refractivity contribution is 6.39. The Labute approximate surface area is 354 Å². The molecule has 288 valence electrons. The molecule has 0 saturated heterocycles. The van der Waals surface area contributed by atoms with Crippen molar-refractivity contribution in [3.8, 4) is 28.3 Å². The Morgan fingerprint density at radius 3 is 2.11 bits per heavy atom. The van der Waals surface area contributed by atoms with Crippen molar-refractivity contribution in [3.05, 3.63) is 181 Å². The van der Waals surface area contributed by atoms with Crippen LogP contribution in [0.5, 0.6) is 0 Å². The van der Waals surface area contributed by atoms with Gasteiger partial charge in [0.15, 0.2) is 0 Å². The Kier molecular flexibility index (Phi) is 5.93. The van der Waals surface area contributed by atoms with Crippen LogP contribution in [0.2, 0.25) is 0 Å². The molecule has 0 bridgehead atoms. The summed E-state index contributed by atoms with van der Waals surface area (Å²) in [5.74, 6) is 0.627.